The number of carbonyl (C=O) groups is 2. The van der Waals surface area contributed by atoms with Crippen molar-refractivity contribution in [1.82, 2.24) is 10.2 Å². The third kappa shape index (κ3) is 5.90. The van der Waals surface area contributed by atoms with Crippen molar-refractivity contribution < 1.29 is 14.3 Å². The first kappa shape index (κ1) is 17.0. The van der Waals surface area contributed by atoms with Gasteiger partial charge in [-0.1, -0.05) is 13.3 Å². The Morgan fingerprint density at radius 1 is 1.30 bits per heavy atom. The maximum atomic E-state index is 11.9. The normalized spacial score (nSPS) is 16.5. The van der Waals surface area contributed by atoms with Gasteiger partial charge >= 0.3 is 0 Å². The average molecular weight is 284 g/mol. The van der Waals surface area contributed by atoms with Crippen LogP contribution in [0.4, 0.5) is 0 Å². The number of ether oxygens (including phenoxy) is 1. The molecular formula is C15H28N2O3. The first-order chi connectivity index (χ1) is 9.54. The SMILES string of the molecule is CCCCNC(=O)C1CCN(C(=O)COC(C)C)CC1. The highest BCUT2D eigenvalue weighted by atomic mass is 16.5. The van der Waals surface area contributed by atoms with Crippen molar-refractivity contribution in [3.05, 3.63) is 0 Å². The number of nitrogens with one attached hydrogen (secondary N) is 1. The molecule has 20 heavy (non-hydrogen) atoms. The molecule has 1 aliphatic rings. The average Bonchev–Trinajstić information content (AvgIpc) is 2.45. The van der Waals surface area contributed by atoms with Gasteiger partial charge in [-0.15, -0.1) is 0 Å². The van der Waals surface area contributed by atoms with E-state index in [-0.39, 0.29) is 30.4 Å². The molecule has 1 N–H and O–H groups in total. The van der Waals surface area contributed by atoms with Crippen LogP contribution in [-0.2, 0) is 14.3 Å². The number of nitrogens with zero attached hydrogens (tertiary/aromatic N) is 1. The molecule has 0 aliphatic carbocycles. The molecule has 0 unspecified atom stereocenters. The van der Waals surface area contributed by atoms with Crippen molar-refractivity contribution in [3.8, 4) is 0 Å². The first-order valence-electron chi connectivity index (χ1n) is 7.71. The molecule has 1 fully saturated rings. The van der Waals surface area contributed by atoms with E-state index >= 15 is 0 Å². The Labute approximate surface area is 122 Å². The molecule has 5 nitrogen and oxygen atoms in total. The lowest BCUT2D eigenvalue weighted by molar-refractivity contribution is -0.140. The van der Waals surface area contributed by atoms with E-state index in [1.165, 1.54) is 0 Å². The molecule has 0 aromatic carbocycles. The van der Waals surface area contributed by atoms with Crippen molar-refractivity contribution in [2.24, 2.45) is 5.92 Å². The predicted molar refractivity (Wildman–Crippen MR) is 78.3 cm³/mol. The minimum absolute atomic E-state index is 0.0311. The molecule has 0 radical (unpaired) electrons. The van der Waals surface area contributed by atoms with Gasteiger partial charge in [0.25, 0.3) is 0 Å². The lowest BCUT2D eigenvalue weighted by Gasteiger charge is -2.31. The maximum absolute atomic E-state index is 11.9. The molecule has 0 saturated carbocycles. The van der Waals surface area contributed by atoms with Gasteiger partial charge in [-0.2, -0.15) is 0 Å². The lowest BCUT2D eigenvalue weighted by atomic mass is 9.96. The second kappa shape index (κ2) is 8.95. The van der Waals surface area contributed by atoms with Crippen molar-refractivity contribution in [2.75, 3.05) is 26.2 Å². The molecule has 1 rings (SSSR count). The van der Waals surface area contributed by atoms with E-state index in [1.807, 2.05) is 13.8 Å². The lowest BCUT2D eigenvalue weighted by Crippen LogP contribution is -2.44. The standard InChI is InChI=1S/C15H28N2O3/c1-4-5-8-16-15(19)13-6-9-17(10-7-13)14(18)11-20-12(2)3/h12-13H,4-11H2,1-3H3,(H,16,19). The van der Waals surface area contributed by atoms with E-state index in [0.717, 1.165) is 32.2 Å². The summed E-state index contributed by atoms with van der Waals surface area (Å²) in [6.07, 6.45) is 3.69. The van der Waals surface area contributed by atoms with Gasteiger partial charge in [0, 0.05) is 25.6 Å². The fraction of sp³-hybridized carbons (Fsp3) is 0.867. The smallest absolute Gasteiger partial charge is 0.248 e. The third-order valence-electron chi connectivity index (χ3n) is 3.59. The van der Waals surface area contributed by atoms with Gasteiger partial charge in [0.1, 0.15) is 6.61 Å². The molecule has 116 valence electrons. The van der Waals surface area contributed by atoms with E-state index in [4.69, 9.17) is 4.74 Å². The zero-order chi connectivity index (χ0) is 15.0. The molecule has 1 heterocycles. The fourth-order valence-electron chi connectivity index (χ4n) is 2.25. The van der Waals surface area contributed by atoms with Crippen LogP contribution >= 0.6 is 0 Å². The largest absolute Gasteiger partial charge is 0.369 e. The minimum Gasteiger partial charge on any atom is -0.369 e. The van der Waals surface area contributed by atoms with Gasteiger partial charge in [-0.3, -0.25) is 9.59 Å². The van der Waals surface area contributed by atoms with E-state index < -0.39 is 0 Å². The molecular weight excluding hydrogens is 256 g/mol. The van der Waals surface area contributed by atoms with Gasteiger partial charge in [0.15, 0.2) is 0 Å². The number of carbonyl (C=O) groups excluding carboxylic acids is 2. The summed E-state index contributed by atoms with van der Waals surface area (Å²) in [5.41, 5.74) is 0. The summed E-state index contributed by atoms with van der Waals surface area (Å²) in [5.74, 6) is 0.231. The predicted octanol–water partition coefficient (Wildman–Crippen LogP) is 1.57. The van der Waals surface area contributed by atoms with Crippen LogP contribution in [0.1, 0.15) is 46.5 Å². The van der Waals surface area contributed by atoms with Crippen LogP contribution in [0.15, 0.2) is 0 Å². The molecule has 1 saturated heterocycles. The number of hydrogen-bond donors (Lipinski definition) is 1. The number of amides is 2. The number of piperidine rings is 1. The molecule has 0 atom stereocenters. The zero-order valence-electron chi connectivity index (χ0n) is 13.0. The zero-order valence-corrected chi connectivity index (χ0v) is 13.0. The number of likely N-dealkylation sites (tertiary alicyclic amines) is 1. The Morgan fingerprint density at radius 2 is 1.95 bits per heavy atom. The summed E-state index contributed by atoms with van der Waals surface area (Å²) in [7, 11) is 0. The van der Waals surface area contributed by atoms with Gasteiger partial charge < -0.3 is 15.0 Å². The van der Waals surface area contributed by atoms with Gasteiger partial charge in [-0.25, -0.2) is 0 Å². The van der Waals surface area contributed by atoms with Gasteiger partial charge in [0.2, 0.25) is 11.8 Å². The highest BCUT2D eigenvalue weighted by molar-refractivity contribution is 5.80. The summed E-state index contributed by atoms with van der Waals surface area (Å²) in [6, 6.07) is 0. The molecule has 0 spiro atoms. The summed E-state index contributed by atoms with van der Waals surface area (Å²) < 4.78 is 5.33. The van der Waals surface area contributed by atoms with Crippen LogP contribution < -0.4 is 5.32 Å². The summed E-state index contributed by atoms with van der Waals surface area (Å²) in [4.78, 5) is 25.6. The minimum atomic E-state index is 0.0311. The second-order valence-corrected chi connectivity index (χ2v) is 5.66. The molecule has 5 heteroatoms. The summed E-state index contributed by atoms with van der Waals surface area (Å²) >= 11 is 0. The Kier molecular flexibility index (Phi) is 7.59. The second-order valence-electron chi connectivity index (χ2n) is 5.66. The number of unbranched alkanes of at least 4 members (excludes halogenated alkanes) is 1. The molecule has 2 amide bonds. The number of rotatable bonds is 7. The molecule has 0 bridgehead atoms. The molecule has 0 aromatic heterocycles. The topological polar surface area (TPSA) is 58.6 Å². The molecule has 0 aromatic rings. The summed E-state index contributed by atoms with van der Waals surface area (Å²) in [6.45, 7) is 8.16. The Balaban J connectivity index is 2.25. The van der Waals surface area contributed by atoms with Crippen molar-refractivity contribution in [2.45, 2.75) is 52.6 Å². The molecule has 1 aliphatic heterocycles. The van der Waals surface area contributed by atoms with Crippen LogP contribution in [0.25, 0.3) is 0 Å². The van der Waals surface area contributed by atoms with E-state index in [2.05, 4.69) is 12.2 Å². The third-order valence-corrected chi connectivity index (χ3v) is 3.59. The van der Waals surface area contributed by atoms with E-state index in [9.17, 15) is 9.59 Å². The van der Waals surface area contributed by atoms with Crippen molar-refractivity contribution in [3.63, 3.8) is 0 Å². The Bertz CT molecular complexity index is 310. The quantitative estimate of drug-likeness (QED) is 0.722. The summed E-state index contributed by atoms with van der Waals surface area (Å²) in [5, 5.41) is 2.97. The first-order valence-corrected chi connectivity index (χ1v) is 7.71. The van der Waals surface area contributed by atoms with Crippen LogP contribution in [-0.4, -0.2) is 49.1 Å². The highest BCUT2D eigenvalue weighted by Gasteiger charge is 2.27. The van der Waals surface area contributed by atoms with E-state index in [1.54, 1.807) is 4.90 Å². The Morgan fingerprint density at radius 3 is 2.50 bits per heavy atom. The monoisotopic (exact) mass is 284 g/mol. The van der Waals surface area contributed by atoms with Crippen LogP contribution in [0.3, 0.4) is 0 Å². The van der Waals surface area contributed by atoms with Crippen molar-refractivity contribution >= 4 is 11.8 Å². The van der Waals surface area contributed by atoms with E-state index in [0.29, 0.717) is 13.1 Å². The van der Waals surface area contributed by atoms with Crippen LogP contribution in [0.2, 0.25) is 0 Å². The Hall–Kier alpha value is -1.10. The van der Waals surface area contributed by atoms with Crippen LogP contribution in [0.5, 0.6) is 0 Å². The highest BCUT2D eigenvalue weighted by Crippen LogP contribution is 2.17. The van der Waals surface area contributed by atoms with Crippen LogP contribution in [0, 0.1) is 5.92 Å². The fourth-order valence-corrected chi connectivity index (χ4v) is 2.25. The van der Waals surface area contributed by atoms with Crippen molar-refractivity contribution in [1.29, 1.82) is 0 Å². The maximum Gasteiger partial charge on any atom is 0.248 e. The van der Waals surface area contributed by atoms with Gasteiger partial charge in [-0.05, 0) is 33.1 Å². The van der Waals surface area contributed by atoms with Gasteiger partial charge in [0.05, 0.1) is 6.10 Å². The number of hydrogen-bond acceptors (Lipinski definition) is 3.